The smallest absolute Gasteiger partial charge is 0.237 e. The summed E-state index contributed by atoms with van der Waals surface area (Å²) in [5.74, 6) is 0.175. The minimum absolute atomic E-state index is 0.210. The summed E-state index contributed by atoms with van der Waals surface area (Å²) in [6.45, 7) is 4.67. The third-order valence-electron chi connectivity index (χ3n) is 2.44. The van der Waals surface area contributed by atoms with Gasteiger partial charge in [-0.05, 0) is 12.3 Å². The van der Waals surface area contributed by atoms with E-state index >= 15 is 0 Å². The summed E-state index contributed by atoms with van der Waals surface area (Å²) in [6.07, 6.45) is 0.0374. The van der Waals surface area contributed by atoms with Crippen molar-refractivity contribution in [2.75, 3.05) is 13.2 Å². The molecule has 15 heavy (non-hydrogen) atoms. The monoisotopic (exact) mass is 216 g/mol. The lowest BCUT2D eigenvalue weighted by Gasteiger charge is -2.19. The van der Waals surface area contributed by atoms with Crippen LogP contribution in [0.1, 0.15) is 20.3 Å². The number of nitrogens with one attached hydrogen (secondary N) is 1. The van der Waals surface area contributed by atoms with E-state index < -0.39 is 12.1 Å². The second kappa shape index (κ2) is 5.44. The fraction of sp³-hybridized carbons (Fsp3) is 0.900. The third-order valence-corrected chi connectivity index (χ3v) is 2.44. The molecular formula is C10H20N2O3. The molecule has 1 rings (SSSR count). The third kappa shape index (κ3) is 3.77. The summed E-state index contributed by atoms with van der Waals surface area (Å²) in [4.78, 5) is 11.6. The van der Waals surface area contributed by atoms with Gasteiger partial charge in [-0.3, -0.25) is 4.79 Å². The summed E-state index contributed by atoms with van der Waals surface area (Å²) in [5, 5.41) is 12.1. The molecule has 1 aliphatic rings. The van der Waals surface area contributed by atoms with Gasteiger partial charge in [0.25, 0.3) is 0 Å². The SMILES string of the molecule is CC(C)C[C@H](N)C(=O)NC1COCC1O. The van der Waals surface area contributed by atoms with Crippen molar-refractivity contribution < 1.29 is 14.6 Å². The molecule has 5 heteroatoms. The van der Waals surface area contributed by atoms with Crippen molar-refractivity contribution in [2.24, 2.45) is 11.7 Å². The molecule has 0 bridgehead atoms. The molecule has 5 nitrogen and oxygen atoms in total. The molecule has 88 valence electrons. The molecule has 0 spiro atoms. The van der Waals surface area contributed by atoms with Gasteiger partial charge in [0.1, 0.15) is 0 Å². The largest absolute Gasteiger partial charge is 0.388 e. The molecule has 3 atom stereocenters. The van der Waals surface area contributed by atoms with Crippen molar-refractivity contribution >= 4 is 5.91 Å². The molecule has 0 aromatic rings. The lowest BCUT2D eigenvalue weighted by molar-refractivity contribution is -0.123. The molecular weight excluding hydrogens is 196 g/mol. The Kier molecular flexibility index (Phi) is 4.50. The minimum Gasteiger partial charge on any atom is -0.388 e. The van der Waals surface area contributed by atoms with Crippen LogP contribution in [0.4, 0.5) is 0 Å². The summed E-state index contributed by atoms with van der Waals surface area (Å²) in [7, 11) is 0. The lowest BCUT2D eigenvalue weighted by Crippen LogP contribution is -2.49. The second-order valence-electron chi connectivity index (χ2n) is 4.46. The first-order valence-corrected chi connectivity index (χ1v) is 5.32. The van der Waals surface area contributed by atoms with Crippen molar-refractivity contribution in [3.05, 3.63) is 0 Å². The predicted molar refractivity (Wildman–Crippen MR) is 56.2 cm³/mol. The zero-order valence-corrected chi connectivity index (χ0v) is 9.27. The van der Waals surface area contributed by atoms with Crippen molar-refractivity contribution in [3.63, 3.8) is 0 Å². The number of aliphatic hydroxyl groups excluding tert-OH is 1. The Morgan fingerprint density at radius 2 is 2.27 bits per heavy atom. The van der Waals surface area contributed by atoms with E-state index in [1.165, 1.54) is 0 Å². The van der Waals surface area contributed by atoms with Crippen molar-refractivity contribution in [1.82, 2.24) is 5.32 Å². The van der Waals surface area contributed by atoms with Gasteiger partial charge in [-0.1, -0.05) is 13.8 Å². The number of carbonyl (C=O) groups is 1. The number of ether oxygens (including phenoxy) is 1. The highest BCUT2D eigenvalue weighted by Gasteiger charge is 2.29. The van der Waals surface area contributed by atoms with Crippen LogP contribution >= 0.6 is 0 Å². The average molecular weight is 216 g/mol. The van der Waals surface area contributed by atoms with Gasteiger partial charge in [0, 0.05) is 0 Å². The molecule has 0 saturated carbocycles. The van der Waals surface area contributed by atoms with Gasteiger partial charge in [0.15, 0.2) is 0 Å². The van der Waals surface area contributed by atoms with Gasteiger partial charge in [-0.25, -0.2) is 0 Å². The van der Waals surface area contributed by atoms with Crippen LogP contribution in [0.3, 0.4) is 0 Å². The predicted octanol–water partition coefficient (Wildman–Crippen LogP) is -0.764. The van der Waals surface area contributed by atoms with Gasteiger partial charge in [0.2, 0.25) is 5.91 Å². The highest BCUT2D eigenvalue weighted by Crippen LogP contribution is 2.07. The summed E-state index contributed by atoms with van der Waals surface area (Å²) < 4.78 is 5.03. The number of hydrogen-bond acceptors (Lipinski definition) is 4. The number of nitrogens with two attached hydrogens (primary N) is 1. The van der Waals surface area contributed by atoms with Gasteiger partial charge in [0.05, 0.1) is 31.4 Å². The molecule has 2 unspecified atom stereocenters. The quantitative estimate of drug-likeness (QED) is 0.576. The van der Waals surface area contributed by atoms with Gasteiger partial charge in [-0.2, -0.15) is 0 Å². The molecule has 1 amide bonds. The molecule has 1 heterocycles. The summed E-state index contributed by atoms with van der Waals surface area (Å²) in [5.41, 5.74) is 5.71. The molecule has 4 N–H and O–H groups in total. The first-order valence-electron chi connectivity index (χ1n) is 5.32. The van der Waals surface area contributed by atoms with Crippen molar-refractivity contribution in [2.45, 2.75) is 38.5 Å². The number of aliphatic hydroxyl groups is 1. The van der Waals surface area contributed by atoms with Crippen molar-refractivity contribution in [1.29, 1.82) is 0 Å². The van der Waals surface area contributed by atoms with Crippen LogP contribution in [0.15, 0.2) is 0 Å². The Morgan fingerprint density at radius 1 is 1.60 bits per heavy atom. The standard InChI is InChI=1S/C10H20N2O3/c1-6(2)3-7(11)10(14)12-8-4-15-5-9(8)13/h6-9,13H,3-5,11H2,1-2H3,(H,12,14)/t7-,8?,9?/m0/s1. The Hall–Kier alpha value is -0.650. The molecule has 1 saturated heterocycles. The van der Waals surface area contributed by atoms with Crippen LogP contribution in [-0.4, -0.2) is 42.4 Å². The number of amides is 1. The molecule has 0 radical (unpaired) electrons. The van der Waals surface area contributed by atoms with Gasteiger partial charge >= 0.3 is 0 Å². The number of hydrogen-bond donors (Lipinski definition) is 3. The zero-order valence-electron chi connectivity index (χ0n) is 9.27. The summed E-state index contributed by atoms with van der Waals surface area (Å²) in [6, 6.07) is -0.812. The maximum Gasteiger partial charge on any atom is 0.237 e. The van der Waals surface area contributed by atoms with E-state index in [1.54, 1.807) is 0 Å². The lowest BCUT2D eigenvalue weighted by atomic mass is 10.0. The van der Waals surface area contributed by atoms with Gasteiger partial charge < -0.3 is 20.9 Å². The molecule has 1 fully saturated rings. The Labute approximate surface area is 90.0 Å². The fourth-order valence-corrected chi connectivity index (χ4v) is 1.59. The maximum absolute atomic E-state index is 11.6. The van der Waals surface area contributed by atoms with E-state index in [2.05, 4.69) is 5.32 Å². The minimum atomic E-state index is -0.611. The van der Waals surface area contributed by atoms with E-state index in [-0.39, 0.29) is 18.6 Å². The first kappa shape index (κ1) is 12.4. The second-order valence-corrected chi connectivity index (χ2v) is 4.46. The van der Waals surface area contributed by atoms with Crippen LogP contribution in [-0.2, 0) is 9.53 Å². The van der Waals surface area contributed by atoms with Crippen LogP contribution in [0.25, 0.3) is 0 Å². The van der Waals surface area contributed by atoms with E-state index in [0.717, 1.165) is 0 Å². The number of rotatable bonds is 4. The topological polar surface area (TPSA) is 84.6 Å². The molecule has 0 aromatic carbocycles. The number of carbonyl (C=O) groups excluding carboxylic acids is 1. The summed E-state index contributed by atoms with van der Waals surface area (Å²) >= 11 is 0. The van der Waals surface area contributed by atoms with Crippen LogP contribution in [0.5, 0.6) is 0 Å². The van der Waals surface area contributed by atoms with Crippen molar-refractivity contribution in [3.8, 4) is 0 Å². The Bertz CT molecular complexity index is 221. The molecule has 1 aliphatic heterocycles. The average Bonchev–Trinajstić information content (AvgIpc) is 2.50. The maximum atomic E-state index is 11.6. The van der Waals surface area contributed by atoms with Crippen LogP contribution < -0.4 is 11.1 Å². The van der Waals surface area contributed by atoms with E-state index in [9.17, 15) is 9.90 Å². The van der Waals surface area contributed by atoms with Gasteiger partial charge in [-0.15, -0.1) is 0 Å². The van der Waals surface area contributed by atoms with Crippen LogP contribution in [0.2, 0.25) is 0 Å². The van der Waals surface area contributed by atoms with E-state index in [0.29, 0.717) is 18.9 Å². The molecule has 0 aromatic heterocycles. The van der Waals surface area contributed by atoms with E-state index in [4.69, 9.17) is 10.5 Å². The van der Waals surface area contributed by atoms with E-state index in [1.807, 2.05) is 13.8 Å². The zero-order chi connectivity index (χ0) is 11.4. The first-order chi connectivity index (χ1) is 7.00. The highest BCUT2D eigenvalue weighted by atomic mass is 16.5. The fourth-order valence-electron chi connectivity index (χ4n) is 1.59. The molecule has 0 aliphatic carbocycles. The normalized spacial score (nSPS) is 28.1. The highest BCUT2D eigenvalue weighted by molar-refractivity contribution is 5.81. The Morgan fingerprint density at radius 3 is 2.73 bits per heavy atom. The Balaban J connectivity index is 2.34. The van der Waals surface area contributed by atoms with Crippen LogP contribution in [0, 0.1) is 5.92 Å².